The molecular formula is C12H11ClOS. The molecule has 2 aromatic carbocycles. The van der Waals surface area contributed by atoms with Crippen molar-refractivity contribution in [1.29, 1.82) is 0 Å². The minimum Gasteiger partial charge on any atom is -0.254 e. The molecule has 1 atom stereocenters. The summed E-state index contributed by atoms with van der Waals surface area (Å²) in [5, 5.41) is 2.29. The Morgan fingerprint density at radius 2 is 1.80 bits per heavy atom. The number of benzene rings is 2. The van der Waals surface area contributed by atoms with Crippen LogP contribution in [0.3, 0.4) is 0 Å². The molecule has 0 saturated heterocycles. The zero-order valence-electron chi connectivity index (χ0n) is 8.15. The molecule has 0 bridgehead atoms. The molecule has 0 aliphatic heterocycles. The quantitative estimate of drug-likeness (QED) is 0.751. The van der Waals surface area contributed by atoms with Gasteiger partial charge in [-0.1, -0.05) is 30.3 Å². The first kappa shape index (κ1) is 10.7. The Kier molecular flexibility index (Phi) is 3.39. The third-order valence-electron chi connectivity index (χ3n) is 2.25. The molecule has 0 spiro atoms. The van der Waals surface area contributed by atoms with Crippen molar-refractivity contribution in [2.45, 2.75) is 4.90 Å². The van der Waals surface area contributed by atoms with E-state index in [-0.39, 0.29) is 0 Å². The summed E-state index contributed by atoms with van der Waals surface area (Å²) in [7, 11) is -0.971. The second kappa shape index (κ2) is 4.77. The topological polar surface area (TPSA) is 17.1 Å². The van der Waals surface area contributed by atoms with Crippen LogP contribution in [0.2, 0.25) is 0 Å². The lowest BCUT2D eigenvalue weighted by Crippen LogP contribution is -1.98. The van der Waals surface area contributed by atoms with Crippen LogP contribution >= 0.6 is 11.6 Å². The highest BCUT2D eigenvalue weighted by Gasteiger charge is 2.03. The predicted molar refractivity (Wildman–Crippen MR) is 65.9 cm³/mol. The van der Waals surface area contributed by atoms with Gasteiger partial charge in [-0.15, -0.1) is 11.6 Å². The third-order valence-corrected chi connectivity index (χ3v) is 4.01. The smallest absolute Gasteiger partial charge is 0.0541 e. The zero-order chi connectivity index (χ0) is 10.7. The number of halogens is 1. The van der Waals surface area contributed by atoms with Crippen molar-refractivity contribution in [2.75, 3.05) is 11.6 Å². The molecule has 3 heteroatoms. The SMILES string of the molecule is O=S(CCCl)c1ccc2ccccc2c1. The van der Waals surface area contributed by atoms with E-state index in [1.54, 1.807) is 0 Å². The van der Waals surface area contributed by atoms with Gasteiger partial charge in [-0.2, -0.15) is 0 Å². The Morgan fingerprint density at radius 1 is 1.07 bits per heavy atom. The second-order valence-electron chi connectivity index (χ2n) is 3.25. The Labute approximate surface area is 96.5 Å². The van der Waals surface area contributed by atoms with Gasteiger partial charge < -0.3 is 0 Å². The molecule has 0 fully saturated rings. The predicted octanol–water partition coefficient (Wildman–Crippen LogP) is 3.19. The average molecular weight is 239 g/mol. The summed E-state index contributed by atoms with van der Waals surface area (Å²) in [6, 6.07) is 13.9. The van der Waals surface area contributed by atoms with Crippen LogP contribution in [0.4, 0.5) is 0 Å². The molecule has 0 aromatic heterocycles. The lowest BCUT2D eigenvalue weighted by Gasteiger charge is -2.02. The van der Waals surface area contributed by atoms with E-state index in [1.807, 2.05) is 42.5 Å². The van der Waals surface area contributed by atoms with Gasteiger partial charge in [-0.05, 0) is 22.9 Å². The lowest BCUT2D eigenvalue weighted by atomic mass is 10.1. The number of fused-ring (bicyclic) bond motifs is 1. The summed E-state index contributed by atoms with van der Waals surface area (Å²) >= 11 is 5.57. The normalized spacial score (nSPS) is 12.9. The molecular weight excluding hydrogens is 228 g/mol. The minimum atomic E-state index is -0.971. The standard InChI is InChI=1S/C12H11ClOS/c13-7-8-15(14)12-6-5-10-3-1-2-4-11(10)9-12/h1-6,9H,7-8H2. The molecule has 2 rings (SSSR count). The first-order chi connectivity index (χ1) is 7.31. The molecule has 78 valence electrons. The Hall–Kier alpha value is -0.860. The van der Waals surface area contributed by atoms with E-state index in [1.165, 1.54) is 5.39 Å². The molecule has 1 unspecified atom stereocenters. The molecule has 0 aliphatic carbocycles. The maximum atomic E-state index is 11.7. The second-order valence-corrected chi connectivity index (χ2v) is 5.20. The lowest BCUT2D eigenvalue weighted by molar-refractivity contribution is 0.684. The van der Waals surface area contributed by atoms with Crippen LogP contribution in [0, 0.1) is 0 Å². The minimum absolute atomic E-state index is 0.430. The average Bonchev–Trinajstić information content (AvgIpc) is 2.29. The molecule has 0 radical (unpaired) electrons. The van der Waals surface area contributed by atoms with Crippen LogP contribution in [-0.4, -0.2) is 15.8 Å². The fourth-order valence-corrected chi connectivity index (χ4v) is 2.77. The van der Waals surface area contributed by atoms with Crippen LogP contribution in [0.5, 0.6) is 0 Å². The molecule has 0 amide bonds. The zero-order valence-corrected chi connectivity index (χ0v) is 9.72. The monoisotopic (exact) mass is 238 g/mol. The number of alkyl halides is 1. The molecule has 2 aromatic rings. The van der Waals surface area contributed by atoms with Gasteiger partial charge in [-0.25, -0.2) is 0 Å². The van der Waals surface area contributed by atoms with E-state index in [0.717, 1.165) is 10.3 Å². The summed E-state index contributed by atoms with van der Waals surface area (Å²) in [6.07, 6.45) is 0. The first-order valence-electron chi connectivity index (χ1n) is 4.74. The maximum Gasteiger partial charge on any atom is 0.0541 e. The molecule has 0 heterocycles. The van der Waals surface area contributed by atoms with Crippen molar-refractivity contribution < 1.29 is 4.21 Å². The summed E-state index contributed by atoms with van der Waals surface area (Å²) in [4.78, 5) is 0.856. The van der Waals surface area contributed by atoms with Crippen LogP contribution in [0.25, 0.3) is 10.8 Å². The van der Waals surface area contributed by atoms with Crippen LogP contribution in [-0.2, 0) is 10.8 Å². The summed E-state index contributed by atoms with van der Waals surface area (Å²) in [6.45, 7) is 0. The maximum absolute atomic E-state index is 11.7. The summed E-state index contributed by atoms with van der Waals surface area (Å²) < 4.78 is 11.7. The third kappa shape index (κ3) is 2.39. The van der Waals surface area contributed by atoms with Crippen molar-refractivity contribution >= 4 is 33.2 Å². The van der Waals surface area contributed by atoms with Crippen molar-refractivity contribution in [3.8, 4) is 0 Å². The Bertz CT molecular complexity index is 496. The molecule has 0 aliphatic rings. The van der Waals surface area contributed by atoms with Gasteiger partial charge in [0.05, 0.1) is 10.8 Å². The molecule has 0 saturated carbocycles. The summed E-state index contributed by atoms with van der Waals surface area (Å²) in [5.74, 6) is 0.944. The molecule has 15 heavy (non-hydrogen) atoms. The molecule has 1 nitrogen and oxygen atoms in total. The van der Waals surface area contributed by atoms with E-state index >= 15 is 0 Å². The van der Waals surface area contributed by atoms with Crippen molar-refractivity contribution in [2.24, 2.45) is 0 Å². The van der Waals surface area contributed by atoms with Crippen LogP contribution in [0.1, 0.15) is 0 Å². The van der Waals surface area contributed by atoms with Gasteiger partial charge in [0.15, 0.2) is 0 Å². The highest BCUT2D eigenvalue weighted by Crippen LogP contribution is 2.17. The van der Waals surface area contributed by atoms with E-state index in [4.69, 9.17) is 11.6 Å². The van der Waals surface area contributed by atoms with Gasteiger partial charge >= 0.3 is 0 Å². The van der Waals surface area contributed by atoms with E-state index in [2.05, 4.69) is 0 Å². The molecule has 0 N–H and O–H groups in total. The number of hydrogen-bond acceptors (Lipinski definition) is 1. The van der Waals surface area contributed by atoms with Crippen molar-refractivity contribution in [3.63, 3.8) is 0 Å². The van der Waals surface area contributed by atoms with E-state index < -0.39 is 10.8 Å². The van der Waals surface area contributed by atoms with Gasteiger partial charge in [0, 0.05) is 16.5 Å². The Morgan fingerprint density at radius 3 is 2.53 bits per heavy atom. The van der Waals surface area contributed by atoms with Gasteiger partial charge in [0.1, 0.15) is 0 Å². The first-order valence-corrected chi connectivity index (χ1v) is 6.60. The fraction of sp³-hybridized carbons (Fsp3) is 0.167. The van der Waals surface area contributed by atoms with Crippen molar-refractivity contribution in [3.05, 3.63) is 42.5 Å². The van der Waals surface area contributed by atoms with E-state index in [9.17, 15) is 4.21 Å². The highest BCUT2D eigenvalue weighted by molar-refractivity contribution is 7.85. The highest BCUT2D eigenvalue weighted by atomic mass is 35.5. The van der Waals surface area contributed by atoms with Gasteiger partial charge in [0.25, 0.3) is 0 Å². The van der Waals surface area contributed by atoms with Crippen LogP contribution in [0.15, 0.2) is 47.4 Å². The van der Waals surface area contributed by atoms with Gasteiger partial charge in [0.2, 0.25) is 0 Å². The number of rotatable bonds is 3. The fourth-order valence-electron chi connectivity index (χ4n) is 1.50. The summed E-state index contributed by atoms with van der Waals surface area (Å²) in [5.41, 5.74) is 0. The number of hydrogen-bond donors (Lipinski definition) is 0. The van der Waals surface area contributed by atoms with Crippen LogP contribution < -0.4 is 0 Å². The van der Waals surface area contributed by atoms with Gasteiger partial charge in [-0.3, -0.25) is 4.21 Å². The Balaban J connectivity index is 2.42. The largest absolute Gasteiger partial charge is 0.254 e. The van der Waals surface area contributed by atoms with E-state index in [0.29, 0.717) is 11.6 Å². The van der Waals surface area contributed by atoms with Crippen molar-refractivity contribution in [1.82, 2.24) is 0 Å².